The van der Waals surface area contributed by atoms with Crippen LogP contribution in [0.4, 0.5) is 13.2 Å². The first kappa shape index (κ1) is 14.2. The minimum atomic E-state index is -4.45. The third kappa shape index (κ3) is 2.70. The predicted molar refractivity (Wildman–Crippen MR) is 65.0 cm³/mol. The largest absolute Gasteiger partial charge is 0.468 e. The number of nitrogens with zero attached hydrogens (tertiary/aromatic N) is 1. The molecule has 0 saturated heterocycles. The Bertz CT molecular complexity index is 518. The van der Waals surface area contributed by atoms with Crippen LogP contribution in [0.3, 0.4) is 0 Å². The molecule has 1 unspecified atom stereocenters. The van der Waals surface area contributed by atoms with Crippen LogP contribution in [0.5, 0.6) is 0 Å². The summed E-state index contributed by atoms with van der Waals surface area (Å²) in [5, 5.41) is 0. The maximum Gasteiger partial charge on any atom is 0.433 e. The van der Waals surface area contributed by atoms with Gasteiger partial charge in [0.25, 0.3) is 0 Å². The number of alkyl halides is 3. The lowest BCUT2D eigenvalue weighted by Crippen LogP contribution is -2.40. The van der Waals surface area contributed by atoms with Gasteiger partial charge in [0.05, 0.1) is 7.11 Å². The van der Waals surface area contributed by atoms with Gasteiger partial charge in [0.1, 0.15) is 10.4 Å². The first-order valence-corrected chi connectivity index (χ1v) is 6.08. The highest BCUT2D eigenvalue weighted by Gasteiger charge is 2.41. The number of aromatic nitrogens is 1. The number of esters is 1. The van der Waals surface area contributed by atoms with Crippen LogP contribution in [0.1, 0.15) is 23.4 Å². The van der Waals surface area contributed by atoms with Crippen molar-refractivity contribution in [1.29, 1.82) is 0 Å². The summed E-state index contributed by atoms with van der Waals surface area (Å²) in [5.41, 5.74) is 0.0824. The van der Waals surface area contributed by atoms with Crippen LogP contribution < -0.4 is 0 Å². The number of carbonyl (C=O) groups is 1. The van der Waals surface area contributed by atoms with E-state index in [9.17, 15) is 18.0 Å². The molecule has 0 spiro atoms. The highest BCUT2D eigenvalue weighted by molar-refractivity contribution is 7.82. The topological polar surface area (TPSA) is 39.2 Å². The van der Waals surface area contributed by atoms with E-state index in [4.69, 9.17) is 0 Å². The van der Waals surface area contributed by atoms with E-state index in [2.05, 4.69) is 22.3 Å². The average Bonchev–Trinajstić information content (AvgIpc) is 2.35. The molecule has 0 radical (unpaired) electrons. The van der Waals surface area contributed by atoms with Crippen molar-refractivity contribution in [3.05, 3.63) is 29.1 Å². The Kier molecular flexibility index (Phi) is 3.51. The number of methoxy groups -OCH3 is 1. The number of hydrogen-bond donors (Lipinski definition) is 1. The second-order valence-corrected chi connectivity index (χ2v) is 5.36. The summed E-state index contributed by atoms with van der Waals surface area (Å²) in [5.74, 6) is -0.471. The molecular weight excluding hydrogens is 279 g/mol. The first-order valence-electron chi connectivity index (χ1n) is 5.63. The normalized spacial score (nSPS) is 22.8. The fraction of sp³-hybridized carbons (Fsp3) is 0.500. The van der Waals surface area contributed by atoms with Crippen LogP contribution in [0.2, 0.25) is 0 Å². The minimum Gasteiger partial charge on any atom is -0.468 e. The molecule has 0 amide bonds. The van der Waals surface area contributed by atoms with Crippen LogP contribution in [-0.2, 0) is 28.5 Å². The number of fused-ring (bicyclic) bond motifs is 1. The molecule has 0 fully saturated rings. The van der Waals surface area contributed by atoms with E-state index in [0.29, 0.717) is 17.7 Å². The Morgan fingerprint density at radius 1 is 1.47 bits per heavy atom. The Balaban J connectivity index is 2.31. The standard InChI is InChI=1S/C12H12F3NO2S/c1-18-10(17)11(19)5-4-8-7(6-11)2-3-9(16-8)12(13,14)15/h2-3,19H,4-6H2,1H3. The van der Waals surface area contributed by atoms with Crippen molar-refractivity contribution in [3.63, 3.8) is 0 Å². The number of rotatable bonds is 1. The molecule has 0 saturated carbocycles. The van der Waals surface area contributed by atoms with E-state index in [1.165, 1.54) is 13.2 Å². The van der Waals surface area contributed by atoms with Gasteiger partial charge >= 0.3 is 12.1 Å². The molecule has 1 aromatic heterocycles. The minimum absolute atomic E-state index is 0.225. The van der Waals surface area contributed by atoms with Crippen LogP contribution >= 0.6 is 12.6 Å². The lowest BCUT2D eigenvalue weighted by Gasteiger charge is -2.30. The van der Waals surface area contributed by atoms with Gasteiger partial charge in [0, 0.05) is 5.69 Å². The maximum absolute atomic E-state index is 12.5. The SMILES string of the molecule is COC(=O)C1(S)CCc2nc(C(F)(F)F)ccc2C1. The summed E-state index contributed by atoms with van der Waals surface area (Å²) in [6.45, 7) is 0. The monoisotopic (exact) mass is 291 g/mol. The second kappa shape index (κ2) is 4.70. The molecule has 0 bridgehead atoms. The first-order chi connectivity index (χ1) is 8.76. The maximum atomic E-state index is 12.5. The smallest absolute Gasteiger partial charge is 0.433 e. The van der Waals surface area contributed by atoms with Crippen molar-refractivity contribution in [2.24, 2.45) is 0 Å². The van der Waals surface area contributed by atoms with Crippen molar-refractivity contribution in [1.82, 2.24) is 4.98 Å². The Labute approximate surface area is 113 Å². The van der Waals surface area contributed by atoms with Crippen molar-refractivity contribution in [2.45, 2.75) is 30.2 Å². The summed E-state index contributed by atoms with van der Waals surface area (Å²) in [7, 11) is 1.26. The molecule has 104 valence electrons. The number of hydrogen-bond acceptors (Lipinski definition) is 4. The van der Waals surface area contributed by atoms with Gasteiger partial charge in [0.2, 0.25) is 0 Å². The summed E-state index contributed by atoms with van der Waals surface area (Å²) >= 11 is 4.31. The van der Waals surface area contributed by atoms with Crippen molar-refractivity contribution in [3.8, 4) is 0 Å². The van der Waals surface area contributed by atoms with Gasteiger partial charge in [-0.3, -0.25) is 4.79 Å². The molecular formula is C12H12F3NO2S. The number of halogens is 3. The Hall–Kier alpha value is -1.24. The van der Waals surface area contributed by atoms with Crippen LogP contribution in [0.25, 0.3) is 0 Å². The van der Waals surface area contributed by atoms with Gasteiger partial charge in [-0.05, 0) is 30.9 Å². The van der Waals surface area contributed by atoms with Crippen molar-refractivity contribution >= 4 is 18.6 Å². The van der Waals surface area contributed by atoms with E-state index < -0.39 is 22.6 Å². The molecule has 2 rings (SSSR count). The van der Waals surface area contributed by atoms with E-state index >= 15 is 0 Å². The zero-order chi connectivity index (χ0) is 14.3. The van der Waals surface area contributed by atoms with E-state index in [1.807, 2.05) is 0 Å². The van der Waals surface area contributed by atoms with Gasteiger partial charge in [-0.15, -0.1) is 0 Å². The molecule has 1 aromatic rings. The fourth-order valence-corrected chi connectivity index (χ4v) is 2.53. The highest BCUT2D eigenvalue weighted by atomic mass is 32.1. The number of aryl methyl sites for hydroxylation is 1. The lowest BCUT2D eigenvalue weighted by molar-refractivity contribution is -0.144. The quantitative estimate of drug-likeness (QED) is 0.638. The molecule has 3 nitrogen and oxygen atoms in total. The Morgan fingerprint density at radius 2 is 2.16 bits per heavy atom. The fourth-order valence-electron chi connectivity index (χ4n) is 2.16. The second-order valence-electron chi connectivity index (χ2n) is 4.50. The molecule has 1 atom stereocenters. The number of pyridine rings is 1. The molecule has 1 heterocycles. The van der Waals surface area contributed by atoms with Crippen LogP contribution in [0, 0.1) is 0 Å². The molecule has 0 aliphatic heterocycles. The zero-order valence-electron chi connectivity index (χ0n) is 10.1. The lowest BCUT2D eigenvalue weighted by atomic mass is 9.85. The van der Waals surface area contributed by atoms with Gasteiger partial charge in [-0.1, -0.05) is 6.07 Å². The van der Waals surface area contributed by atoms with Gasteiger partial charge in [-0.2, -0.15) is 25.8 Å². The summed E-state index contributed by atoms with van der Waals surface area (Å²) < 4.78 is 41.3. The molecule has 7 heteroatoms. The number of thiol groups is 1. The van der Waals surface area contributed by atoms with Crippen molar-refractivity contribution < 1.29 is 22.7 Å². The third-order valence-electron chi connectivity index (χ3n) is 3.18. The number of ether oxygens (including phenoxy) is 1. The van der Waals surface area contributed by atoms with E-state index in [1.54, 1.807) is 0 Å². The van der Waals surface area contributed by atoms with Gasteiger partial charge in [-0.25, -0.2) is 4.98 Å². The van der Waals surface area contributed by atoms with Gasteiger partial charge in [0.15, 0.2) is 0 Å². The molecule has 19 heavy (non-hydrogen) atoms. The summed E-state index contributed by atoms with van der Waals surface area (Å²) in [6.07, 6.45) is -3.64. The van der Waals surface area contributed by atoms with Gasteiger partial charge < -0.3 is 4.74 Å². The molecule has 0 N–H and O–H groups in total. The van der Waals surface area contributed by atoms with Crippen LogP contribution in [-0.4, -0.2) is 22.8 Å². The molecule has 1 aliphatic carbocycles. The summed E-state index contributed by atoms with van der Waals surface area (Å²) in [6, 6.07) is 2.29. The van der Waals surface area contributed by atoms with Crippen LogP contribution in [0.15, 0.2) is 12.1 Å². The average molecular weight is 291 g/mol. The summed E-state index contributed by atoms with van der Waals surface area (Å²) in [4.78, 5) is 15.2. The third-order valence-corrected chi connectivity index (χ3v) is 3.75. The number of carbonyl (C=O) groups excluding carboxylic acids is 1. The Morgan fingerprint density at radius 3 is 2.74 bits per heavy atom. The molecule has 0 aromatic carbocycles. The van der Waals surface area contributed by atoms with E-state index in [0.717, 1.165) is 6.07 Å². The van der Waals surface area contributed by atoms with E-state index in [-0.39, 0.29) is 12.8 Å². The highest BCUT2D eigenvalue weighted by Crippen LogP contribution is 2.36. The predicted octanol–water partition coefficient (Wildman–Crippen LogP) is 2.43. The zero-order valence-corrected chi connectivity index (χ0v) is 11.0. The molecule has 1 aliphatic rings. The van der Waals surface area contributed by atoms with Crippen molar-refractivity contribution in [2.75, 3.05) is 7.11 Å².